The first-order valence-electron chi connectivity index (χ1n) is 11.6. The van der Waals surface area contributed by atoms with Crippen molar-refractivity contribution in [3.05, 3.63) is 65.2 Å². The minimum Gasteiger partial charge on any atom is -0.593 e. The van der Waals surface area contributed by atoms with Crippen LogP contribution < -0.4 is 14.8 Å². The van der Waals surface area contributed by atoms with Crippen LogP contribution in [0.5, 0.6) is 5.75 Å². The van der Waals surface area contributed by atoms with Crippen molar-refractivity contribution in [3.8, 4) is 5.75 Å². The average molecular weight is 491 g/mol. The van der Waals surface area contributed by atoms with Gasteiger partial charge in [-0.25, -0.2) is 0 Å². The fraction of sp³-hybridized carbons (Fsp3) is 0.462. The fourth-order valence-electron chi connectivity index (χ4n) is 4.59. The lowest BCUT2D eigenvalue weighted by Gasteiger charge is -2.30. The Labute approximate surface area is 205 Å². The Morgan fingerprint density at radius 1 is 1.33 bits per heavy atom. The summed E-state index contributed by atoms with van der Waals surface area (Å²) in [5, 5.41) is 16.8. The quantitative estimate of drug-likeness (QED) is 0.352. The minimum absolute atomic E-state index is 0.117. The van der Waals surface area contributed by atoms with Crippen molar-refractivity contribution in [3.63, 3.8) is 0 Å². The van der Waals surface area contributed by atoms with Gasteiger partial charge >= 0.3 is 0 Å². The molecule has 3 N–H and O–H groups in total. The van der Waals surface area contributed by atoms with E-state index in [1.54, 1.807) is 12.1 Å². The molecule has 4 atom stereocenters. The van der Waals surface area contributed by atoms with Crippen molar-refractivity contribution < 1.29 is 14.4 Å². The van der Waals surface area contributed by atoms with Gasteiger partial charge in [-0.15, -0.1) is 11.7 Å². The molecule has 1 aliphatic heterocycles. The van der Waals surface area contributed by atoms with Crippen LogP contribution in [0.4, 0.5) is 5.69 Å². The summed E-state index contributed by atoms with van der Waals surface area (Å²) < 4.78 is 18.2. The number of rotatable bonds is 10. The molecule has 1 heterocycles. The summed E-state index contributed by atoms with van der Waals surface area (Å²) >= 11 is 4.73. The largest absolute Gasteiger partial charge is 0.593 e. The average Bonchev–Trinajstić information content (AvgIpc) is 2.98. The maximum Gasteiger partial charge on any atom is 0.176 e. The van der Waals surface area contributed by atoms with Crippen LogP contribution in [0.2, 0.25) is 5.02 Å². The minimum atomic E-state index is -1.57. The molecule has 4 unspecified atom stereocenters. The lowest BCUT2D eigenvalue weighted by atomic mass is 9.91. The molecule has 0 amide bonds. The maximum absolute atomic E-state index is 12.0. The highest BCUT2D eigenvalue weighted by molar-refractivity contribution is 7.89. The van der Waals surface area contributed by atoms with Crippen LogP contribution in [0.25, 0.3) is 0 Å². The second kappa shape index (κ2) is 12.1. The SMILES string of the molecule is C=CC(O)C(CC)CCN1CC(c2ccc(Cl)cc2CCC)COc2ccc([S+](N)[O-])cc21. The van der Waals surface area contributed by atoms with E-state index in [4.69, 9.17) is 21.5 Å². The van der Waals surface area contributed by atoms with Gasteiger partial charge in [-0.3, -0.25) is 0 Å². The van der Waals surface area contributed by atoms with Crippen LogP contribution in [0, 0.1) is 5.92 Å². The molecule has 2 aromatic rings. The number of benzene rings is 2. The van der Waals surface area contributed by atoms with Gasteiger partial charge in [0.15, 0.2) is 4.90 Å². The van der Waals surface area contributed by atoms with Gasteiger partial charge in [-0.05, 0) is 54.2 Å². The molecule has 180 valence electrons. The Morgan fingerprint density at radius 2 is 2.12 bits per heavy atom. The standard InChI is InChI=1S/C26H35ClN2O3S/c1-4-7-19-14-21(27)8-10-23(19)20-16-29(13-12-18(5-2)25(30)6-3)24-15-22(33(28)31)9-11-26(24)32-17-20/h6,8-11,14-15,18,20,25,30H,3-5,7,12-13,16-17,28H2,1-2H3. The lowest BCUT2D eigenvalue weighted by Crippen LogP contribution is -2.32. The van der Waals surface area contributed by atoms with Crippen LogP contribution in [0.3, 0.4) is 0 Å². The van der Waals surface area contributed by atoms with E-state index in [2.05, 4.69) is 37.5 Å². The molecule has 1 aliphatic rings. The maximum atomic E-state index is 12.0. The van der Waals surface area contributed by atoms with Gasteiger partial charge in [0, 0.05) is 30.1 Å². The van der Waals surface area contributed by atoms with Gasteiger partial charge < -0.3 is 19.3 Å². The first-order valence-corrected chi connectivity index (χ1v) is 13.2. The molecule has 33 heavy (non-hydrogen) atoms. The Kier molecular flexibility index (Phi) is 9.53. The summed E-state index contributed by atoms with van der Waals surface area (Å²) in [6.07, 6.45) is 4.72. The van der Waals surface area contributed by atoms with Crippen molar-refractivity contribution in [1.82, 2.24) is 0 Å². The van der Waals surface area contributed by atoms with Crippen molar-refractivity contribution in [2.75, 3.05) is 24.6 Å². The molecule has 0 fully saturated rings. The lowest BCUT2D eigenvalue weighted by molar-refractivity contribution is 0.145. The van der Waals surface area contributed by atoms with E-state index in [1.807, 2.05) is 18.2 Å². The van der Waals surface area contributed by atoms with Crippen LogP contribution in [-0.2, 0) is 17.8 Å². The Balaban J connectivity index is 1.95. The summed E-state index contributed by atoms with van der Waals surface area (Å²) in [5.41, 5.74) is 3.39. The number of hydrogen-bond acceptors (Lipinski definition) is 5. The zero-order valence-corrected chi connectivity index (χ0v) is 21.1. The van der Waals surface area contributed by atoms with E-state index in [0.29, 0.717) is 11.5 Å². The predicted molar refractivity (Wildman–Crippen MR) is 138 cm³/mol. The number of ether oxygens (including phenoxy) is 1. The van der Waals surface area contributed by atoms with Gasteiger partial charge in [-0.2, -0.15) is 0 Å². The van der Waals surface area contributed by atoms with Crippen molar-refractivity contribution in [2.45, 2.75) is 56.4 Å². The molecule has 0 saturated heterocycles. The summed E-state index contributed by atoms with van der Waals surface area (Å²) in [7, 11) is 0. The summed E-state index contributed by atoms with van der Waals surface area (Å²) in [5.74, 6) is 1.02. The molecule has 2 aromatic carbocycles. The number of halogens is 1. The molecule has 7 heteroatoms. The fourth-order valence-corrected chi connectivity index (χ4v) is 5.21. The highest BCUT2D eigenvalue weighted by atomic mass is 35.5. The molecule has 5 nitrogen and oxygen atoms in total. The number of hydrogen-bond donors (Lipinski definition) is 2. The molecule has 0 aromatic heterocycles. The third-order valence-corrected chi connectivity index (χ3v) is 7.42. The van der Waals surface area contributed by atoms with E-state index in [9.17, 15) is 9.66 Å². The van der Waals surface area contributed by atoms with E-state index < -0.39 is 17.5 Å². The predicted octanol–water partition coefficient (Wildman–Crippen LogP) is 5.22. The zero-order valence-electron chi connectivity index (χ0n) is 19.5. The van der Waals surface area contributed by atoms with Gasteiger partial charge in [0.05, 0.1) is 29.8 Å². The van der Waals surface area contributed by atoms with Crippen LogP contribution in [0.15, 0.2) is 53.9 Å². The van der Waals surface area contributed by atoms with E-state index in [0.717, 1.165) is 55.2 Å². The van der Waals surface area contributed by atoms with Crippen molar-refractivity contribution in [2.24, 2.45) is 11.1 Å². The summed E-state index contributed by atoms with van der Waals surface area (Å²) in [4.78, 5) is 2.85. The highest BCUT2D eigenvalue weighted by Gasteiger charge is 2.28. The second-order valence-electron chi connectivity index (χ2n) is 8.66. The molecular formula is C26H35ClN2O3S. The Bertz CT molecular complexity index is 940. The number of anilines is 1. The van der Waals surface area contributed by atoms with Gasteiger partial charge in [0.25, 0.3) is 0 Å². The molecule has 0 bridgehead atoms. The highest BCUT2D eigenvalue weighted by Crippen LogP contribution is 2.38. The Morgan fingerprint density at radius 3 is 2.79 bits per heavy atom. The van der Waals surface area contributed by atoms with Gasteiger partial charge in [0.2, 0.25) is 0 Å². The monoisotopic (exact) mass is 490 g/mol. The topological polar surface area (TPSA) is 81.8 Å². The van der Waals surface area contributed by atoms with Crippen molar-refractivity contribution in [1.29, 1.82) is 0 Å². The van der Waals surface area contributed by atoms with Gasteiger partial charge in [-0.1, -0.05) is 50.4 Å². The third-order valence-electron chi connectivity index (χ3n) is 6.47. The van der Waals surface area contributed by atoms with E-state index in [1.165, 1.54) is 11.1 Å². The van der Waals surface area contributed by atoms with Crippen LogP contribution in [0.1, 0.15) is 50.2 Å². The number of aliphatic hydroxyl groups excluding tert-OH is 1. The normalized spacial score (nSPS) is 18.6. The van der Waals surface area contributed by atoms with Crippen molar-refractivity contribution >= 4 is 28.7 Å². The van der Waals surface area contributed by atoms with Crippen LogP contribution >= 0.6 is 11.6 Å². The summed E-state index contributed by atoms with van der Waals surface area (Å²) in [6.45, 7) is 10.0. The molecule has 3 rings (SSSR count). The first-order chi connectivity index (χ1) is 15.9. The number of nitrogens with zero attached hydrogens (tertiary/aromatic N) is 1. The molecular weight excluding hydrogens is 456 g/mol. The number of aliphatic hydroxyl groups is 1. The Hall–Kier alpha value is -1.70. The number of nitrogens with two attached hydrogens (primary N) is 1. The smallest absolute Gasteiger partial charge is 0.176 e. The number of fused-ring (bicyclic) bond motifs is 1. The number of aryl methyl sites for hydroxylation is 1. The zero-order chi connectivity index (χ0) is 24.0. The van der Waals surface area contributed by atoms with E-state index >= 15 is 0 Å². The van der Waals surface area contributed by atoms with E-state index in [-0.39, 0.29) is 11.8 Å². The third kappa shape index (κ3) is 6.46. The molecule has 0 radical (unpaired) electrons. The summed E-state index contributed by atoms with van der Waals surface area (Å²) in [6, 6.07) is 11.6. The molecule has 0 aliphatic carbocycles. The second-order valence-corrected chi connectivity index (χ2v) is 10.2. The van der Waals surface area contributed by atoms with Crippen LogP contribution in [-0.4, -0.2) is 35.5 Å². The molecule has 0 spiro atoms. The first kappa shape index (κ1) is 25.9. The van der Waals surface area contributed by atoms with Gasteiger partial charge in [0.1, 0.15) is 5.75 Å². The molecule has 0 saturated carbocycles.